The van der Waals surface area contributed by atoms with E-state index in [1.165, 1.54) is 12.4 Å². The van der Waals surface area contributed by atoms with E-state index in [2.05, 4.69) is 15.3 Å². The Balaban J connectivity index is 1.50. The molecule has 1 aliphatic rings. The number of nitrogens with zero attached hydrogens (tertiary/aromatic N) is 3. The van der Waals surface area contributed by atoms with Crippen LogP contribution in [0.2, 0.25) is 5.02 Å². The number of piperidine rings is 1. The number of benzene rings is 2. The zero-order chi connectivity index (χ0) is 25.8. The molecule has 2 heterocycles. The van der Waals surface area contributed by atoms with E-state index in [4.69, 9.17) is 21.1 Å². The van der Waals surface area contributed by atoms with E-state index in [1.54, 1.807) is 36.3 Å². The molecule has 8 nitrogen and oxygen atoms in total. The number of carbonyl (C=O) groups excluding carboxylic acids is 1. The van der Waals surface area contributed by atoms with Crippen molar-refractivity contribution in [1.82, 2.24) is 14.9 Å². The molecule has 3 aromatic rings. The van der Waals surface area contributed by atoms with Gasteiger partial charge in [0.1, 0.15) is 24.4 Å². The number of anilines is 2. The summed E-state index contributed by atoms with van der Waals surface area (Å²) >= 11 is 5.90. The highest BCUT2D eigenvalue weighted by atomic mass is 35.5. The first kappa shape index (κ1) is 25.9. The molecule has 1 fully saturated rings. The van der Waals surface area contributed by atoms with Crippen molar-refractivity contribution in [2.24, 2.45) is 5.92 Å². The van der Waals surface area contributed by atoms with Crippen LogP contribution >= 0.6 is 11.6 Å². The van der Waals surface area contributed by atoms with Crippen molar-refractivity contribution in [3.8, 4) is 11.5 Å². The van der Waals surface area contributed by atoms with Crippen molar-refractivity contribution in [3.05, 3.63) is 47.5 Å². The molecule has 2 N–H and O–H groups in total. The van der Waals surface area contributed by atoms with Crippen LogP contribution in [0.15, 0.2) is 36.7 Å². The molecule has 1 saturated heterocycles. The number of rotatable bonds is 8. The van der Waals surface area contributed by atoms with Gasteiger partial charge in [-0.1, -0.05) is 37.9 Å². The molecule has 0 saturated carbocycles. The van der Waals surface area contributed by atoms with E-state index in [1.807, 2.05) is 13.8 Å². The molecule has 2 atom stereocenters. The lowest BCUT2D eigenvalue weighted by molar-refractivity contribution is -0.144. The average Bonchev–Trinajstić information content (AvgIpc) is 2.90. The van der Waals surface area contributed by atoms with Gasteiger partial charge in [0.05, 0.1) is 23.3 Å². The fourth-order valence-electron chi connectivity index (χ4n) is 4.17. The lowest BCUT2D eigenvalue weighted by atomic mass is 9.99. The zero-order valence-corrected chi connectivity index (χ0v) is 21.3. The predicted molar refractivity (Wildman–Crippen MR) is 136 cm³/mol. The van der Waals surface area contributed by atoms with Gasteiger partial charge in [-0.05, 0) is 24.1 Å². The Kier molecular flexibility index (Phi) is 8.11. The van der Waals surface area contributed by atoms with E-state index in [-0.39, 0.29) is 28.6 Å². The first-order valence-electron chi connectivity index (χ1n) is 12.0. The minimum atomic E-state index is -0.976. The summed E-state index contributed by atoms with van der Waals surface area (Å²) in [6.07, 6.45) is 2.28. The number of amides is 1. The maximum absolute atomic E-state index is 14.4. The van der Waals surface area contributed by atoms with E-state index in [0.29, 0.717) is 54.2 Å². The Labute approximate surface area is 214 Å². The molecule has 1 aliphatic heterocycles. The van der Waals surface area contributed by atoms with Gasteiger partial charge in [-0.2, -0.15) is 0 Å². The second-order valence-corrected chi connectivity index (χ2v) is 9.35. The van der Waals surface area contributed by atoms with Crippen LogP contribution in [0.4, 0.5) is 15.9 Å². The molecule has 10 heteroatoms. The number of carbonyl (C=O) groups is 1. The molecule has 0 radical (unpaired) electrons. The van der Waals surface area contributed by atoms with Gasteiger partial charge in [0.15, 0.2) is 17.3 Å². The Morgan fingerprint density at radius 2 is 2.03 bits per heavy atom. The molecule has 4 rings (SSSR count). The summed E-state index contributed by atoms with van der Waals surface area (Å²) in [6.45, 7) is 4.85. The third-order valence-electron chi connectivity index (χ3n) is 6.61. The Hall–Kier alpha value is -3.17. The van der Waals surface area contributed by atoms with Crippen LogP contribution in [0.3, 0.4) is 0 Å². The van der Waals surface area contributed by atoms with Crippen LogP contribution < -0.4 is 14.8 Å². The fourth-order valence-corrected chi connectivity index (χ4v) is 4.35. The van der Waals surface area contributed by atoms with E-state index in [0.717, 1.165) is 6.42 Å². The highest BCUT2D eigenvalue weighted by molar-refractivity contribution is 6.31. The maximum atomic E-state index is 14.4. The van der Waals surface area contributed by atoms with Gasteiger partial charge in [-0.3, -0.25) is 4.79 Å². The van der Waals surface area contributed by atoms with Crippen LogP contribution in [0.1, 0.15) is 33.1 Å². The second kappa shape index (κ2) is 11.3. The molecule has 0 aliphatic carbocycles. The monoisotopic (exact) mass is 516 g/mol. The third-order valence-corrected chi connectivity index (χ3v) is 6.90. The molecule has 0 bridgehead atoms. The number of aliphatic hydroxyl groups excluding tert-OH is 1. The van der Waals surface area contributed by atoms with Gasteiger partial charge in [0.25, 0.3) is 5.91 Å². The van der Waals surface area contributed by atoms with Gasteiger partial charge in [-0.15, -0.1) is 0 Å². The van der Waals surface area contributed by atoms with Gasteiger partial charge in [0.2, 0.25) is 0 Å². The van der Waals surface area contributed by atoms with E-state index in [9.17, 15) is 14.3 Å². The normalized spacial score (nSPS) is 16.0. The van der Waals surface area contributed by atoms with Crippen LogP contribution in [0.5, 0.6) is 11.5 Å². The molecule has 1 aromatic heterocycles. The zero-order valence-electron chi connectivity index (χ0n) is 20.5. The molecule has 0 spiro atoms. The van der Waals surface area contributed by atoms with Gasteiger partial charge in [0, 0.05) is 37.4 Å². The summed E-state index contributed by atoms with van der Waals surface area (Å²) in [5.41, 5.74) is 0.788. The Morgan fingerprint density at radius 3 is 2.72 bits per heavy atom. The van der Waals surface area contributed by atoms with E-state index >= 15 is 0 Å². The number of likely N-dealkylation sites (tertiary alicyclic amines) is 1. The number of hydrogen-bond acceptors (Lipinski definition) is 7. The third kappa shape index (κ3) is 5.47. The van der Waals surface area contributed by atoms with Crippen LogP contribution in [0.25, 0.3) is 10.9 Å². The van der Waals surface area contributed by atoms with Gasteiger partial charge >= 0.3 is 0 Å². The molecular formula is C26H30ClFN4O4. The summed E-state index contributed by atoms with van der Waals surface area (Å²) in [7, 11) is 1.54. The van der Waals surface area contributed by atoms with Gasteiger partial charge in [-0.25, -0.2) is 14.4 Å². The molecule has 1 amide bonds. The van der Waals surface area contributed by atoms with Crippen LogP contribution in [-0.4, -0.2) is 58.3 Å². The van der Waals surface area contributed by atoms with Crippen LogP contribution in [0, 0.1) is 11.7 Å². The predicted octanol–water partition coefficient (Wildman–Crippen LogP) is 4.95. The van der Waals surface area contributed by atoms with Crippen molar-refractivity contribution in [1.29, 1.82) is 0 Å². The molecule has 192 valence electrons. The number of halogens is 2. The maximum Gasteiger partial charge on any atom is 0.251 e. The number of nitrogens with one attached hydrogen (secondary N) is 1. The van der Waals surface area contributed by atoms with E-state index < -0.39 is 11.9 Å². The first-order chi connectivity index (χ1) is 17.3. The van der Waals surface area contributed by atoms with Crippen molar-refractivity contribution in [3.63, 3.8) is 0 Å². The summed E-state index contributed by atoms with van der Waals surface area (Å²) in [4.78, 5) is 22.9. The topological polar surface area (TPSA) is 96.8 Å². The van der Waals surface area contributed by atoms with Crippen molar-refractivity contribution >= 4 is 39.9 Å². The number of ether oxygens (including phenoxy) is 2. The molecule has 36 heavy (non-hydrogen) atoms. The van der Waals surface area contributed by atoms with Crippen LogP contribution in [-0.2, 0) is 4.79 Å². The fraction of sp³-hybridized carbons (Fsp3) is 0.423. The number of methoxy groups -OCH3 is 1. The number of aromatic nitrogens is 2. The quantitative estimate of drug-likeness (QED) is 0.437. The molecule has 2 aromatic carbocycles. The van der Waals surface area contributed by atoms with Gasteiger partial charge < -0.3 is 24.8 Å². The lowest BCUT2D eigenvalue weighted by Gasteiger charge is -2.34. The second-order valence-electron chi connectivity index (χ2n) is 8.94. The minimum absolute atomic E-state index is 0.00811. The van der Waals surface area contributed by atoms with Crippen molar-refractivity contribution in [2.75, 3.05) is 25.5 Å². The molecular weight excluding hydrogens is 487 g/mol. The summed E-state index contributed by atoms with van der Waals surface area (Å²) in [5.74, 6) is 0.534. The SMILES string of the molecule is CCC(C)C(O)C(=O)N1CCC(Oc2cc3ncnc(Nc4cccc(Cl)c4F)c3cc2OC)CC1. The Morgan fingerprint density at radius 1 is 1.28 bits per heavy atom. The standard InChI is InChI=1S/C26H30ClFN4O4/c1-4-15(2)24(33)26(34)32-10-8-16(9-11-32)36-22-13-20-17(12-21(22)35-3)25(30-14-29-20)31-19-7-5-6-18(27)23(19)28/h5-7,12-16,24,33H,4,8-11H2,1-3H3,(H,29,30,31). The number of aliphatic hydroxyl groups is 1. The Bertz CT molecular complexity index is 1240. The first-order valence-corrected chi connectivity index (χ1v) is 12.4. The number of fused-ring (bicyclic) bond motifs is 1. The smallest absolute Gasteiger partial charge is 0.251 e. The summed E-state index contributed by atoms with van der Waals surface area (Å²) in [5, 5.41) is 13.9. The summed E-state index contributed by atoms with van der Waals surface area (Å²) < 4.78 is 26.2. The highest BCUT2D eigenvalue weighted by Gasteiger charge is 2.30. The summed E-state index contributed by atoms with van der Waals surface area (Å²) in [6, 6.07) is 8.20. The van der Waals surface area contributed by atoms with Crippen molar-refractivity contribution < 1.29 is 23.8 Å². The lowest BCUT2D eigenvalue weighted by Crippen LogP contribution is -2.47. The highest BCUT2D eigenvalue weighted by Crippen LogP contribution is 2.36. The average molecular weight is 517 g/mol. The number of hydrogen-bond donors (Lipinski definition) is 2. The molecule has 2 unspecified atom stereocenters. The van der Waals surface area contributed by atoms with Crippen molar-refractivity contribution in [2.45, 2.75) is 45.3 Å². The minimum Gasteiger partial charge on any atom is -0.493 e. The largest absolute Gasteiger partial charge is 0.493 e.